The number of benzene rings is 1. The molecule has 0 saturated heterocycles. The Morgan fingerprint density at radius 1 is 1.12 bits per heavy atom. The molecule has 0 radical (unpaired) electrons. The number of carbonyl (C=O) groups is 1. The van der Waals surface area contributed by atoms with Crippen molar-refractivity contribution in [2.45, 2.75) is 6.61 Å². The van der Waals surface area contributed by atoms with Crippen molar-refractivity contribution in [2.75, 3.05) is 0 Å². The summed E-state index contributed by atoms with van der Waals surface area (Å²) in [5.41, 5.74) is 1.56. The maximum Gasteiger partial charge on any atom is 0.338 e. The number of rotatable bonds is 3. The lowest BCUT2D eigenvalue weighted by Crippen LogP contribution is -2.26. The minimum absolute atomic E-state index is 0.297. The van der Waals surface area contributed by atoms with Gasteiger partial charge in [-0.3, -0.25) is 0 Å². The Bertz CT molecular complexity index is 491. The number of carbonyl (C=O) groups excluding carboxylic acids is 1. The van der Waals surface area contributed by atoms with E-state index < -0.39 is 0 Å². The van der Waals surface area contributed by atoms with Gasteiger partial charge in [-0.1, -0.05) is 30.3 Å². The highest BCUT2D eigenvalue weighted by molar-refractivity contribution is 5.88. The van der Waals surface area contributed by atoms with Crippen molar-refractivity contribution in [1.82, 2.24) is 0 Å². The van der Waals surface area contributed by atoms with Gasteiger partial charge in [0, 0.05) is 12.1 Å². The second kappa shape index (κ2) is 5.25. The fraction of sp³-hybridized carbons (Fsp3) is 0.143. The molecule has 0 saturated carbocycles. The maximum atomic E-state index is 11.7. The normalized spacial score (nSPS) is 9.94. The van der Waals surface area contributed by atoms with Crippen LogP contribution in [0.1, 0.15) is 15.9 Å². The van der Waals surface area contributed by atoms with Gasteiger partial charge in [0.15, 0.2) is 12.4 Å². The van der Waals surface area contributed by atoms with E-state index in [1.165, 1.54) is 0 Å². The Morgan fingerprint density at radius 2 is 1.76 bits per heavy atom. The fourth-order valence-corrected chi connectivity index (χ4v) is 1.44. The summed E-state index contributed by atoms with van der Waals surface area (Å²) in [4.78, 5) is 11.7. The maximum absolute atomic E-state index is 11.7. The van der Waals surface area contributed by atoms with Crippen LogP contribution >= 0.6 is 0 Å². The van der Waals surface area contributed by atoms with Crippen LogP contribution in [0.15, 0.2) is 54.9 Å². The van der Waals surface area contributed by atoms with Gasteiger partial charge in [0.2, 0.25) is 0 Å². The molecule has 1 aromatic carbocycles. The molecule has 0 N–H and O–H groups in total. The van der Waals surface area contributed by atoms with Crippen LogP contribution in [0.4, 0.5) is 0 Å². The fourth-order valence-electron chi connectivity index (χ4n) is 1.44. The van der Waals surface area contributed by atoms with E-state index in [4.69, 9.17) is 4.74 Å². The Hall–Kier alpha value is -2.16. The third kappa shape index (κ3) is 3.14. The van der Waals surface area contributed by atoms with E-state index in [-0.39, 0.29) is 5.97 Å². The molecular weight excluding hydrogens is 214 g/mol. The summed E-state index contributed by atoms with van der Waals surface area (Å²) in [6.45, 7) is 0.306. The number of hydrogen-bond donors (Lipinski definition) is 0. The van der Waals surface area contributed by atoms with Gasteiger partial charge in [-0.25, -0.2) is 9.36 Å². The highest BCUT2D eigenvalue weighted by Crippen LogP contribution is 2.04. The van der Waals surface area contributed by atoms with Crippen LogP contribution in [-0.4, -0.2) is 5.97 Å². The van der Waals surface area contributed by atoms with Gasteiger partial charge in [0.1, 0.15) is 13.7 Å². The highest BCUT2D eigenvalue weighted by Gasteiger charge is 2.08. The number of aromatic nitrogens is 1. The van der Waals surface area contributed by atoms with E-state index in [0.717, 1.165) is 5.56 Å². The van der Waals surface area contributed by atoms with Crippen LogP contribution < -0.4 is 4.57 Å². The van der Waals surface area contributed by atoms with E-state index >= 15 is 0 Å². The molecular formula is C14H14NO2+. The minimum atomic E-state index is -0.297. The Labute approximate surface area is 100 Å². The van der Waals surface area contributed by atoms with Crippen molar-refractivity contribution in [3.05, 3.63) is 66.0 Å². The molecule has 1 aromatic heterocycles. The van der Waals surface area contributed by atoms with Crippen molar-refractivity contribution >= 4 is 5.97 Å². The monoisotopic (exact) mass is 228 g/mol. The Balaban J connectivity index is 1.96. The standard InChI is InChI=1S/C14H14NO2/c1-15-9-7-13(8-10-15)14(16)17-11-12-5-3-2-4-6-12/h2-10H,11H2,1H3/q+1. The molecule has 3 nitrogen and oxygen atoms in total. The molecule has 2 aromatic rings. The smallest absolute Gasteiger partial charge is 0.338 e. The average Bonchev–Trinajstić information content (AvgIpc) is 2.38. The van der Waals surface area contributed by atoms with Crippen molar-refractivity contribution in [1.29, 1.82) is 0 Å². The Kier molecular flexibility index (Phi) is 3.50. The molecule has 0 amide bonds. The predicted molar refractivity (Wildman–Crippen MR) is 63.2 cm³/mol. The second-order valence-electron chi connectivity index (χ2n) is 3.81. The minimum Gasteiger partial charge on any atom is -0.457 e. The first-order chi connectivity index (χ1) is 8.25. The van der Waals surface area contributed by atoms with Crippen LogP contribution in [-0.2, 0) is 18.4 Å². The molecule has 0 aliphatic rings. The zero-order valence-electron chi connectivity index (χ0n) is 9.67. The average molecular weight is 228 g/mol. The second-order valence-corrected chi connectivity index (χ2v) is 3.81. The van der Waals surface area contributed by atoms with Crippen LogP contribution in [0, 0.1) is 0 Å². The van der Waals surface area contributed by atoms with Gasteiger partial charge in [-0.15, -0.1) is 0 Å². The van der Waals surface area contributed by atoms with Crippen LogP contribution in [0.3, 0.4) is 0 Å². The van der Waals surface area contributed by atoms with Gasteiger partial charge < -0.3 is 4.74 Å². The lowest BCUT2D eigenvalue weighted by Gasteiger charge is -2.03. The first-order valence-electron chi connectivity index (χ1n) is 5.42. The third-order valence-electron chi connectivity index (χ3n) is 2.43. The zero-order chi connectivity index (χ0) is 12.1. The summed E-state index contributed by atoms with van der Waals surface area (Å²) in [6, 6.07) is 13.1. The van der Waals surface area contributed by atoms with E-state index in [1.54, 1.807) is 12.1 Å². The van der Waals surface area contributed by atoms with Crippen molar-refractivity contribution < 1.29 is 14.1 Å². The molecule has 0 bridgehead atoms. The molecule has 0 unspecified atom stereocenters. The van der Waals surface area contributed by atoms with Crippen molar-refractivity contribution in [3.8, 4) is 0 Å². The van der Waals surface area contributed by atoms with Crippen LogP contribution in [0.5, 0.6) is 0 Å². The SMILES string of the molecule is C[n+]1ccc(C(=O)OCc2ccccc2)cc1. The van der Waals surface area contributed by atoms with Crippen molar-refractivity contribution in [3.63, 3.8) is 0 Å². The van der Waals surface area contributed by atoms with Gasteiger partial charge in [0.05, 0.1) is 5.56 Å². The van der Waals surface area contributed by atoms with E-state index in [1.807, 2.05) is 54.3 Å². The van der Waals surface area contributed by atoms with Crippen molar-refractivity contribution in [2.24, 2.45) is 7.05 Å². The van der Waals surface area contributed by atoms with E-state index in [2.05, 4.69) is 0 Å². The molecule has 0 aliphatic heterocycles. The first kappa shape index (κ1) is 11.3. The van der Waals surface area contributed by atoms with Gasteiger partial charge in [-0.2, -0.15) is 0 Å². The number of pyridine rings is 1. The lowest BCUT2D eigenvalue weighted by atomic mass is 10.2. The predicted octanol–water partition coefficient (Wildman–Crippen LogP) is 1.87. The van der Waals surface area contributed by atoms with Crippen LogP contribution in [0.2, 0.25) is 0 Å². The molecule has 2 rings (SSSR count). The molecule has 17 heavy (non-hydrogen) atoms. The van der Waals surface area contributed by atoms with Gasteiger partial charge in [-0.05, 0) is 5.56 Å². The molecule has 0 fully saturated rings. The molecule has 86 valence electrons. The summed E-state index contributed by atoms with van der Waals surface area (Å²) >= 11 is 0. The lowest BCUT2D eigenvalue weighted by molar-refractivity contribution is -0.671. The quantitative estimate of drug-likeness (QED) is 0.593. The van der Waals surface area contributed by atoms with E-state index in [0.29, 0.717) is 12.2 Å². The number of ether oxygens (including phenoxy) is 1. The summed E-state index contributed by atoms with van der Waals surface area (Å²) in [6.07, 6.45) is 3.64. The molecule has 0 aliphatic carbocycles. The molecule has 0 atom stereocenters. The highest BCUT2D eigenvalue weighted by atomic mass is 16.5. The van der Waals surface area contributed by atoms with Gasteiger partial charge in [0.25, 0.3) is 0 Å². The van der Waals surface area contributed by atoms with Crippen LogP contribution in [0.25, 0.3) is 0 Å². The zero-order valence-corrected chi connectivity index (χ0v) is 9.67. The van der Waals surface area contributed by atoms with E-state index in [9.17, 15) is 4.79 Å². The molecule has 3 heteroatoms. The van der Waals surface area contributed by atoms with Gasteiger partial charge >= 0.3 is 5.97 Å². The molecule has 0 spiro atoms. The first-order valence-corrected chi connectivity index (χ1v) is 5.42. The summed E-state index contributed by atoms with van der Waals surface area (Å²) in [7, 11) is 1.90. The number of hydrogen-bond acceptors (Lipinski definition) is 2. The third-order valence-corrected chi connectivity index (χ3v) is 2.43. The number of nitrogens with zero attached hydrogens (tertiary/aromatic N) is 1. The largest absolute Gasteiger partial charge is 0.457 e. The summed E-state index contributed by atoms with van der Waals surface area (Å²) < 4.78 is 7.07. The number of aryl methyl sites for hydroxylation is 1. The topological polar surface area (TPSA) is 30.2 Å². The number of esters is 1. The summed E-state index contributed by atoms with van der Waals surface area (Å²) in [5.74, 6) is -0.297. The molecule has 1 heterocycles. The Morgan fingerprint density at radius 3 is 2.41 bits per heavy atom. The summed E-state index contributed by atoms with van der Waals surface area (Å²) in [5, 5.41) is 0.